The van der Waals surface area contributed by atoms with Crippen LogP contribution in [-0.4, -0.2) is 26.0 Å². The largest absolute Gasteiger partial charge is 0.481 e. The smallest absolute Gasteiger partial charge is 0.433 e. The number of hydrogen-bond donors (Lipinski definition) is 2. The van der Waals surface area contributed by atoms with Gasteiger partial charge in [0.05, 0.1) is 15.8 Å². The summed E-state index contributed by atoms with van der Waals surface area (Å²) in [6, 6.07) is 6.27. The van der Waals surface area contributed by atoms with Gasteiger partial charge in [-0.05, 0) is 42.7 Å². The summed E-state index contributed by atoms with van der Waals surface area (Å²) in [5, 5.41) is 12.8. The first kappa shape index (κ1) is 21.7. The van der Waals surface area contributed by atoms with Crippen LogP contribution >= 0.6 is 11.3 Å². The third-order valence-corrected chi connectivity index (χ3v) is 5.45. The lowest BCUT2D eigenvalue weighted by Crippen LogP contribution is -2.15. The molecule has 0 aliphatic rings. The lowest BCUT2D eigenvalue weighted by Gasteiger charge is -2.10. The van der Waals surface area contributed by atoms with Crippen molar-refractivity contribution in [2.75, 3.05) is 5.32 Å². The second-order valence-corrected chi connectivity index (χ2v) is 7.86. The van der Waals surface area contributed by atoms with Crippen molar-refractivity contribution in [2.24, 2.45) is 5.92 Å². The number of hydrogen-bond acceptors (Lipinski definition) is 6. The summed E-state index contributed by atoms with van der Waals surface area (Å²) in [7, 11) is 0. The van der Waals surface area contributed by atoms with Gasteiger partial charge in [-0.1, -0.05) is 13.0 Å². The first-order valence-electron chi connectivity index (χ1n) is 9.12. The monoisotopic (exact) mass is 436 g/mol. The molecule has 0 amide bonds. The van der Waals surface area contributed by atoms with Crippen LogP contribution in [0.5, 0.6) is 0 Å². The average molecular weight is 436 g/mol. The van der Waals surface area contributed by atoms with Gasteiger partial charge < -0.3 is 10.4 Å². The third kappa shape index (κ3) is 5.32. The maximum atomic E-state index is 12.9. The van der Waals surface area contributed by atoms with E-state index in [-0.39, 0.29) is 5.95 Å². The molecule has 2 aromatic heterocycles. The van der Waals surface area contributed by atoms with Crippen molar-refractivity contribution in [1.82, 2.24) is 15.0 Å². The molecule has 2 N–H and O–H groups in total. The average Bonchev–Trinajstić information content (AvgIpc) is 3.13. The van der Waals surface area contributed by atoms with E-state index in [0.29, 0.717) is 18.5 Å². The number of carboxylic acids is 1. The van der Waals surface area contributed by atoms with Crippen molar-refractivity contribution >= 4 is 28.9 Å². The van der Waals surface area contributed by atoms with Crippen molar-refractivity contribution in [1.29, 1.82) is 0 Å². The first-order valence-corrected chi connectivity index (χ1v) is 9.94. The number of nitrogens with one attached hydrogen (secondary N) is 1. The standard InChI is InChI=1S/C20H19F3N4O2S/c1-3-12(18(28)29)9-17-25-10-15(30-17)13-6-11(2)7-14(8-13)26-19-24-5-4-16(27-19)20(21,22)23/h4-8,10,12H,3,9H2,1-2H3,(H,28,29)(H,24,26,27). The zero-order valence-corrected chi connectivity index (χ0v) is 17.0. The molecule has 0 aliphatic carbocycles. The summed E-state index contributed by atoms with van der Waals surface area (Å²) >= 11 is 1.39. The quantitative estimate of drug-likeness (QED) is 0.521. The Labute approximate surface area is 174 Å². The van der Waals surface area contributed by atoms with E-state index in [1.54, 1.807) is 18.3 Å². The summed E-state index contributed by atoms with van der Waals surface area (Å²) < 4.78 is 38.6. The van der Waals surface area contributed by atoms with Crippen LogP contribution in [0.25, 0.3) is 10.4 Å². The number of aliphatic carboxylic acids is 1. The van der Waals surface area contributed by atoms with Gasteiger partial charge in [-0.25, -0.2) is 15.0 Å². The summed E-state index contributed by atoms with van der Waals surface area (Å²) in [6.45, 7) is 3.68. The minimum absolute atomic E-state index is 0.154. The van der Waals surface area contributed by atoms with Crippen LogP contribution in [0.2, 0.25) is 0 Å². The molecular formula is C20H19F3N4O2S. The summed E-state index contributed by atoms with van der Waals surface area (Å²) in [5.41, 5.74) is 1.21. The first-order chi connectivity index (χ1) is 14.2. The van der Waals surface area contributed by atoms with Crippen LogP contribution in [0.4, 0.5) is 24.8 Å². The number of thiazole rings is 1. The minimum atomic E-state index is -4.55. The Morgan fingerprint density at radius 2 is 2.03 bits per heavy atom. The maximum absolute atomic E-state index is 12.9. The number of nitrogens with zero attached hydrogens (tertiary/aromatic N) is 3. The molecule has 3 rings (SSSR count). The lowest BCUT2D eigenvalue weighted by atomic mass is 10.0. The van der Waals surface area contributed by atoms with E-state index in [2.05, 4.69) is 20.3 Å². The minimum Gasteiger partial charge on any atom is -0.481 e. The molecule has 6 nitrogen and oxygen atoms in total. The zero-order valence-electron chi connectivity index (χ0n) is 16.2. The molecule has 2 heterocycles. The number of alkyl halides is 3. The second kappa shape index (κ2) is 8.78. The van der Waals surface area contributed by atoms with Gasteiger partial charge in [0.25, 0.3) is 0 Å². The highest BCUT2D eigenvalue weighted by molar-refractivity contribution is 7.15. The van der Waals surface area contributed by atoms with E-state index >= 15 is 0 Å². The fourth-order valence-corrected chi connectivity index (χ4v) is 3.84. The Morgan fingerprint density at radius 3 is 2.70 bits per heavy atom. The number of carboxylic acid groups (broad SMARTS) is 1. The molecule has 0 radical (unpaired) electrons. The normalized spacial score (nSPS) is 12.6. The van der Waals surface area contributed by atoms with Crippen LogP contribution in [0.15, 0.2) is 36.7 Å². The zero-order chi connectivity index (χ0) is 21.9. The number of benzene rings is 1. The molecule has 1 unspecified atom stereocenters. The number of halogens is 3. The van der Waals surface area contributed by atoms with Crippen molar-refractivity contribution in [3.05, 3.63) is 52.9 Å². The fraction of sp³-hybridized carbons (Fsp3) is 0.300. The Balaban J connectivity index is 1.84. The molecular weight excluding hydrogens is 417 g/mol. The van der Waals surface area contributed by atoms with Gasteiger partial charge in [-0.2, -0.15) is 13.2 Å². The van der Waals surface area contributed by atoms with Gasteiger partial charge in [0, 0.05) is 24.5 Å². The second-order valence-electron chi connectivity index (χ2n) is 6.74. The topological polar surface area (TPSA) is 88.0 Å². The van der Waals surface area contributed by atoms with Gasteiger partial charge in [0.1, 0.15) is 5.69 Å². The Kier molecular flexibility index (Phi) is 6.35. The molecule has 158 valence electrons. The van der Waals surface area contributed by atoms with E-state index in [1.165, 1.54) is 11.3 Å². The predicted molar refractivity (Wildman–Crippen MR) is 108 cm³/mol. The number of aromatic nitrogens is 3. The molecule has 0 bridgehead atoms. The highest BCUT2D eigenvalue weighted by Crippen LogP contribution is 2.32. The van der Waals surface area contributed by atoms with Gasteiger partial charge in [-0.3, -0.25) is 4.79 Å². The van der Waals surface area contributed by atoms with Crippen LogP contribution in [0, 0.1) is 12.8 Å². The molecule has 0 saturated heterocycles. The Bertz CT molecular complexity index is 1050. The van der Waals surface area contributed by atoms with E-state index in [4.69, 9.17) is 0 Å². The fourth-order valence-electron chi connectivity index (χ4n) is 2.86. The molecule has 10 heteroatoms. The molecule has 1 atom stereocenters. The lowest BCUT2D eigenvalue weighted by molar-refractivity contribution is -0.142. The molecule has 0 spiro atoms. The van der Waals surface area contributed by atoms with Gasteiger partial charge in [0.15, 0.2) is 0 Å². The maximum Gasteiger partial charge on any atom is 0.433 e. The molecule has 3 aromatic rings. The highest BCUT2D eigenvalue weighted by Gasteiger charge is 2.32. The van der Waals surface area contributed by atoms with Crippen molar-refractivity contribution in [3.63, 3.8) is 0 Å². The van der Waals surface area contributed by atoms with E-state index in [9.17, 15) is 23.1 Å². The van der Waals surface area contributed by atoms with E-state index in [0.717, 1.165) is 33.3 Å². The van der Waals surface area contributed by atoms with E-state index in [1.807, 2.05) is 19.9 Å². The Hall–Kier alpha value is -3.01. The van der Waals surface area contributed by atoms with Crippen LogP contribution in [0.3, 0.4) is 0 Å². The molecule has 0 fully saturated rings. The van der Waals surface area contributed by atoms with Gasteiger partial charge in [0.2, 0.25) is 5.95 Å². The van der Waals surface area contributed by atoms with Gasteiger partial charge in [-0.15, -0.1) is 11.3 Å². The van der Waals surface area contributed by atoms with Crippen LogP contribution < -0.4 is 5.32 Å². The highest BCUT2D eigenvalue weighted by atomic mass is 32.1. The van der Waals surface area contributed by atoms with Crippen molar-refractivity contribution in [3.8, 4) is 10.4 Å². The predicted octanol–water partition coefficient (Wildman–Crippen LogP) is 5.32. The number of anilines is 2. The van der Waals surface area contributed by atoms with Gasteiger partial charge >= 0.3 is 12.1 Å². The number of aryl methyl sites for hydroxylation is 1. The van der Waals surface area contributed by atoms with Crippen molar-refractivity contribution in [2.45, 2.75) is 32.9 Å². The molecule has 0 aliphatic heterocycles. The third-order valence-electron chi connectivity index (χ3n) is 4.38. The Morgan fingerprint density at radius 1 is 1.27 bits per heavy atom. The summed E-state index contributed by atoms with van der Waals surface area (Å²) in [5.74, 6) is -1.49. The van der Waals surface area contributed by atoms with E-state index < -0.39 is 23.8 Å². The molecule has 1 aromatic carbocycles. The van der Waals surface area contributed by atoms with Crippen LogP contribution in [0.1, 0.15) is 29.6 Å². The summed E-state index contributed by atoms with van der Waals surface area (Å²) in [4.78, 5) is 23.8. The molecule has 0 saturated carbocycles. The molecule has 30 heavy (non-hydrogen) atoms. The number of rotatable bonds is 7. The van der Waals surface area contributed by atoms with Crippen molar-refractivity contribution < 1.29 is 23.1 Å². The van der Waals surface area contributed by atoms with Crippen LogP contribution in [-0.2, 0) is 17.4 Å². The number of carbonyl (C=O) groups is 1. The SMILES string of the molecule is CCC(Cc1ncc(-c2cc(C)cc(Nc3nccc(C(F)(F)F)n3)c2)s1)C(=O)O. The summed E-state index contributed by atoms with van der Waals surface area (Å²) in [6.07, 6.45) is -0.960.